The molecule has 1 saturated heterocycles. The molecule has 0 radical (unpaired) electrons. The van der Waals surface area contributed by atoms with E-state index < -0.39 is 0 Å². The van der Waals surface area contributed by atoms with Crippen LogP contribution in [0.2, 0.25) is 0 Å². The van der Waals surface area contributed by atoms with E-state index in [1.807, 2.05) is 0 Å². The molecule has 0 aromatic carbocycles. The number of rotatable bonds is 1. The van der Waals surface area contributed by atoms with Gasteiger partial charge in [0.1, 0.15) is 0 Å². The van der Waals surface area contributed by atoms with Crippen LogP contribution >= 0.6 is 0 Å². The second-order valence-electron chi connectivity index (χ2n) is 2.56. The summed E-state index contributed by atoms with van der Waals surface area (Å²) in [5.74, 6) is -0.0425. The lowest BCUT2D eigenvalue weighted by Crippen LogP contribution is -2.31. The molecule has 10 heavy (non-hydrogen) atoms. The first-order chi connectivity index (χ1) is 4.66. The van der Waals surface area contributed by atoms with Gasteiger partial charge in [-0.3, -0.25) is 4.79 Å². The zero-order valence-corrected chi connectivity index (χ0v) is 6.00. The Morgan fingerprint density at radius 3 is 2.70 bits per heavy atom. The molecule has 1 aliphatic rings. The summed E-state index contributed by atoms with van der Waals surface area (Å²) in [6.45, 7) is 3.61. The van der Waals surface area contributed by atoms with Crippen LogP contribution in [0.4, 0.5) is 0 Å². The minimum absolute atomic E-state index is 0.0290. The third-order valence-corrected chi connectivity index (χ3v) is 1.86. The van der Waals surface area contributed by atoms with Crippen molar-refractivity contribution >= 4 is 5.91 Å². The second-order valence-corrected chi connectivity index (χ2v) is 2.56. The van der Waals surface area contributed by atoms with E-state index in [1.54, 1.807) is 7.05 Å². The smallest absolute Gasteiger partial charge is 0.249 e. The molecule has 1 amide bonds. The lowest BCUT2D eigenvalue weighted by molar-refractivity contribution is -0.125. The number of carbonyl (C=O) groups is 1. The first-order valence-corrected chi connectivity index (χ1v) is 3.22. The SMILES string of the molecule is C=C1CC(CO)N(C)C1=O. The summed E-state index contributed by atoms with van der Waals surface area (Å²) in [7, 11) is 1.68. The maximum atomic E-state index is 11.0. The Hall–Kier alpha value is -0.830. The van der Waals surface area contributed by atoms with Gasteiger partial charge in [0.25, 0.3) is 0 Å². The fourth-order valence-corrected chi connectivity index (χ4v) is 1.11. The quantitative estimate of drug-likeness (QED) is 0.512. The van der Waals surface area contributed by atoms with E-state index in [2.05, 4.69) is 6.58 Å². The van der Waals surface area contributed by atoms with Crippen molar-refractivity contribution in [1.29, 1.82) is 0 Å². The van der Waals surface area contributed by atoms with Crippen LogP contribution in [-0.4, -0.2) is 35.6 Å². The van der Waals surface area contributed by atoms with Crippen molar-refractivity contribution < 1.29 is 9.90 Å². The highest BCUT2D eigenvalue weighted by Crippen LogP contribution is 2.19. The van der Waals surface area contributed by atoms with Gasteiger partial charge in [-0.15, -0.1) is 0 Å². The van der Waals surface area contributed by atoms with Crippen molar-refractivity contribution in [1.82, 2.24) is 4.90 Å². The number of aliphatic hydroxyl groups excluding tert-OH is 1. The molecule has 56 valence electrons. The minimum Gasteiger partial charge on any atom is -0.394 e. The van der Waals surface area contributed by atoms with Gasteiger partial charge in [-0.1, -0.05) is 6.58 Å². The van der Waals surface area contributed by atoms with E-state index in [9.17, 15) is 4.79 Å². The molecule has 0 bridgehead atoms. The molecule has 0 spiro atoms. The zero-order valence-electron chi connectivity index (χ0n) is 6.00. The summed E-state index contributed by atoms with van der Waals surface area (Å²) in [5, 5.41) is 8.74. The van der Waals surface area contributed by atoms with Gasteiger partial charge in [0.2, 0.25) is 5.91 Å². The topological polar surface area (TPSA) is 40.5 Å². The standard InChI is InChI=1S/C7H11NO2/c1-5-3-6(4-9)8(2)7(5)10/h6,9H,1,3-4H2,2H3. The van der Waals surface area contributed by atoms with Crippen LogP contribution in [-0.2, 0) is 4.79 Å². The van der Waals surface area contributed by atoms with Gasteiger partial charge < -0.3 is 10.0 Å². The molecule has 1 unspecified atom stereocenters. The maximum Gasteiger partial charge on any atom is 0.249 e. The van der Waals surface area contributed by atoms with Crippen LogP contribution in [0.5, 0.6) is 0 Å². The number of carbonyl (C=O) groups excluding carboxylic acids is 1. The number of likely N-dealkylation sites (N-methyl/N-ethyl adjacent to an activating group) is 1. The Morgan fingerprint density at radius 2 is 2.50 bits per heavy atom. The van der Waals surface area contributed by atoms with Gasteiger partial charge in [-0.2, -0.15) is 0 Å². The Labute approximate surface area is 59.9 Å². The van der Waals surface area contributed by atoms with Gasteiger partial charge in [-0.25, -0.2) is 0 Å². The van der Waals surface area contributed by atoms with Gasteiger partial charge in [0.05, 0.1) is 12.6 Å². The third kappa shape index (κ3) is 0.926. The molecular weight excluding hydrogens is 130 g/mol. The molecule has 3 nitrogen and oxygen atoms in total. The minimum atomic E-state index is -0.0425. The maximum absolute atomic E-state index is 11.0. The lowest BCUT2D eigenvalue weighted by Gasteiger charge is -2.15. The van der Waals surface area contributed by atoms with E-state index in [0.29, 0.717) is 12.0 Å². The summed E-state index contributed by atoms with van der Waals surface area (Å²) >= 11 is 0. The van der Waals surface area contributed by atoms with E-state index in [-0.39, 0.29) is 18.6 Å². The molecule has 1 rings (SSSR count). The summed E-state index contributed by atoms with van der Waals surface area (Å²) < 4.78 is 0. The molecule has 1 atom stereocenters. The van der Waals surface area contributed by atoms with Gasteiger partial charge in [0, 0.05) is 12.6 Å². The Balaban J connectivity index is 2.71. The summed E-state index contributed by atoms with van der Waals surface area (Å²) in [6.07, 6.45) is 0.603. The molecule has 0 aliphatic carbocycles. The van der Waals surface area contributed by atoms with E-state index in [4.69, 9.17) is 5.11 Å². The van der Waals surface area contributed by atoms with Crippen LogP contribution in [0, 0.1) is 0 Å². The van der Waals surface area contributed by atoms with Crippen LogP contribution in [0.1, 0.15) is 6.42 Å². The largest absolute Gasteiger partial charge is 0.394 e. The number of nitrogens with zero attached hydrogens (tertiary/aromatic N) is 1. The highest BCUT2D eigenvalue weighted by atomic mass is 16.3. The zero-order chi connectivity index (χ0) is 7.72. The number of hydrogen-bond acceptors (Lipinski definition) is 2. The lowest BCUT2D eigenvalue weighted by atomic mass is 10.2. The van der Waals surface area contributed by atoms with Crippen molar-refractivity contribution in [3.8, 4) is 0 Å². The molecule has 0 aromatic heterocycles. The van der Waals surface area contributed by atoms with Crippen molar-refractivity contribution in [2.24, 2.45) is 0 Å². The number of hydrogen-bond donors (Lipinski definition) is 1. The molecule has 0 saturated carbocycles. The summed E-state index contributed by atoms with van der Waals surface area (Å²) in [5.41, 5.74) is 0.599. The Kier molecular flexibility index (Phi) is 1.76. The van der Waals surface area contributed by atoms with Crippen molar-refractivity contribution in [3.05, 3.63) is 12.2 Å². The highest BCUT2D eigenvalue weighted by Gasteiger charge is 2.29. The molecule has 1 fully saturated rings. The Morgan fingerprint density at radius 1 is 1.90 bits per heavy atom. The average Bonchev–Trinajstić information content (AvgIpc) is 2.17. The van der Waals surface area contributed by atoms with E-state index in [0.717, 1.165) is 0 Å². The molecule has 1 heterocycles. The highest BCUT2D eigenvalue weighted by molar-refractivity contribution is 5.95. The van der Waals surface area contributed by atoms with Crippen LogP contribution in [0.3, 0.4) is 0 Å². The summed E-state index contributed by atoms with van der Waals surface area (Å²) in [6, 6.07) is -0.0417. The van der Waals surface area contributed by atoms with Gasteiger partial charge in [0.15, 0.2) is 0 Å². The van der Waals surface area contributed by atoms with E-state index in [1.165, 1.54) is 4.90 Å². The predicted molar refractivity (Wildman–Crippen MR) is 37.4 cm³/mol. The molecular formula is C7H11NO2. The number of amides is 1. The normalized spacial score (nSPS) is 26.2. The molecule has 3 heteroatoms. The Bertz CT molecular complexity index is 176. The van der Waals surface area contributed by atoms with Gasteiger partial charge >= 0.3 is 0 Å². The first kappa shape index (κ1) is 7.28. The van der Waals surface area contributed by atoms with Crippen molar-refractivity contribution in [2.75, 3.05) is 13.7 Å². The van der Waals surface area contributed by atoms with Crippen molar-refractivity contribution in [2.45, 2.75) is 12.5 Å². The predicted octanol–water partition coefficient (Wildman–Crippen LogP) is -0.234. The third-order valence-electron chi connectivity index (χ3n) is 1.86. The average molecular weight is 141 g/mol. The fraction of sp³-hybridized carbons (Fsp3) is 0.571. The van der Waals surface area contributed by atoms with Crippen LogP contribution in [0.25, 0.3) is 0 Å². The summed E-state index contributed by atoms with van der Waals surface area (Å²) in [4.78, 5) is 12.5. The molecule has 0 aromatic rings. The van der Waals surface area contributed by atoms with E-state index >= 15 is 0 Å². The first-order valence-electron chi connectivity index (χ1n) is 3.22. The fourth-order valence-electron chi connectivity index (χ4n) is 1.11. The van der Waals surface area contributed by atoms with Crippen LogP contribution in [0.15, 0.2) is 12.2 Å². The number of likely N-dealkylation sites (tertiary alicyclic amines) is 1. The van der Waals surface area contributed by atoms with Crippen LogP contribution < -0.4 is 0 Å². The van der Waals surface area contributed by atoms with Gasteiger partial charge in [-0.05, 0) is 6.42 Å². The molecule has 1 aliphatic heterocycles. The second kappa shape index (κ2) is 2.42. The molecule has 1 N–H and O–H groups in total. The number of aliphatic hydroxyl groups is 1. The van der Waals surface area contributed by atoms with Crippen molar-refractivity contribution in [3.63, 3.8) is 0 Å². The monoisotopic (exact) mass is 141 g/mol.